The fourth-order valence-electron chi connectivity index (χ4n) is 4.16. The number of ether oxygens (including phenoxy) is 2. The predicted octanol–water partition coefficient (Wildman–Crippen LogP) is 4.69. The maximum Gasteiger partial charge on any atom is 0.407 e. The van der Waals surface area contributed by atoms with E-state index in [4.69, 9.17) is 9.47 Å². The van der Waals surface area contributed by atoms with Crippen molar-refractivity contribution < 1.29 is 22.7 Å². The standard InChI is InChI=1S/C26H36N2O5S/c1-26(2,3)33-25(29)28-22-11-9-21(10-12-22)27-17-20-16-19(8-15-24(20)32-4)18-6-13-23(14-7-18)34(5,30)31/h6-8,13-16,21-22,27H,9-12,17H2,1-5H3,(H,28,29). The SMILES string of the molecule is COc1ccc(-c2ccc(S(C)(=O)=O)cc2)cc1CNC1CCC(NC(=O)OC(C)(C)C)CC1. The van der Waals surface area contributed by atoms with Crippen molar-refractivity contribution in [2.75, 3.05) is 13.4 Å². The molecule has 1 aliphatic carbocycles. The molecule has 0 aliphatic heterocycles. The third-order valence-corrected chi connectivity index (χ3v) is 7.05. The van der Waals surface area contributed by atoms with Gasteiger partial charge >= 0.3 is 6.09 Å². The number of rotatable bonds is 7. The minimum Gasteiger partial charge on any atom is -0.496 e. The van der Waals surface area contributed by atoms with Gasteiger partial charge in [0.05, 0.1) is 12.0 Å². The first kappa shape index (κ1) is 26.0. The van der Waals surface area contributed by atoms with Gasteiger partial charge in [-0.3, -0.25) is 0 Å². The molecule has 8 heteroatoms. The molecule has 1 saturated carbocycles. The van der Waals surface area contributed by atoms with Crippen molar-refractivity contribution in [3.63, 3.8) is 0 Å². The van der Waals surface area contributed by atoms with E-state index in [1.165, 1.54) is 6.26 Å². The van der Waals surface area contributed by atoms with Crippen molar-refractivity contribution in [3.8, 4) is 16.9 Å². The predicted molar refractivity (Wildman–Crippen MR) is 134 cm³/mol. The third kappa shape index (κ3) is 7.46. The normalized spacial score (nSPS) is 18.9. The highest BCUT2D eigenvalue weighted by atomic mass is 32.2. The summed E-state index contributed by atoms with van der Waals surface area (Å²) in [5.41, 5.74) is 2.50. The molecule has 1 amide bonds. The van der Waals surface area contributed by atoms with E-state index < -0.39 is 15.4 Å². The number of hydrogen-bond acceptors (Lipinski definition) is 6. The van der Waals surface area contributed by atoms with Gasteiger partial charge < -0.3 is 20.1 Å². The monoisotopic (exact) mass is 488 g/mol. The number of carbonyl (C=O) groups excluding carboxylic acids is 1. The number of nitrogens with one attached hydrogen (secondary N) is 2. The molecule has 1 aliphatic rings. The summed E-state index contributed by atoms with van der Waals surface area (Å²) in [5, 5.41) is 6.61. The molecule has 2 aromatic rings. The van der Waals surface area contributed by atoms with Gasteiger partial charge in [0.15, 0.2) is 9.84 Å². The van der Waals surface area contributed by atoms with Crippen LogP contribution in [0, 0.1) is 0 Å². The zero-order valence-corrected chi connectivity index (χ0v) is 21.5. The van der Waals surface area contributed by atoms with Gasteiger partial charge in [-0.2, -0.15) is 0 Å². The summed E-state index contributed by atoms with van der Waals surface area (Å²) in [6.07, 6.45) is 4.60. The molecule has 2 aromatic carbocycles. The molecule has 0 spiro atoms. The molecule has 0 aromatic heterocycles. The van der Waals surface area contributed by atoms with Gasteiger partial charge in [-0.1, -0.05) is 18.2 Å². The van der Waals surface area contributed by atoms with E-state index in [1.54, 1.807) is 19.2 Å². The van der Waals surface area contributed by atoms with Gasteiger partial charge in [0.25, 0.3) is 0 Å². The second kappa shape index (κ2) is 10.8. The lowest BCUT2D eigenvalue weighted by atomic mass is 9.91. The van der Waals surface area contributed by atoms with Crippen LogP contribution in [-0.4, -0.2) is 45.6 Å². The highest BCUT2D eigenvalue weighted by Gasteiger charge is 2.24. The van der Waals surface area contributed by atoms with Crippen molar-refractivity contribution in [1.82, 2.24) is 10.6 Å². The Hall–Kier alpha value is -2.58. The highest BCUT2D eigenvalue weighted by Crippen LogP contribution is 2.28. The first-order valence-electron chi connectivity index (χ1n) is 11.6. The summed E-state index contributed by atoms with van der Waals surface area (Å²) in [7, 11) is -1.56. The number of benzene rings is 2. The van der Waals surface area contributed by atoms with E-state index in [-0.39, 0.29) is 12.1 Å². The number of hydrogen-bond donors (Lipinski definition) is 2. The smallest absolute Gasteiger partial charge is 0.407 e. The van der Waals surface area contributed by atoms with Crippen molar-refractivity contribution in [2.24, 2.45) is 0 Å². The van der Waals surface area contributed by atoms with Crippen LogP contribution in [0.25, 0.3) is 11.1 Å². The van der Waals surface area contributed by atoms with Gasteiger partial charge in [-0.25, -0.2) is 13.2 Å². The van der Waals surface area contributed by atoms with Crippen LogP contribution in [0.3, 0.4) is 0 Å². The molecule has 7 nitrogen and oxygen atoms in total. The maximum absolute atomic E-state index is 12.0. The summed E-state index contributed by atoms with van der Waals surface area (Å²) in [5.74, 6) is 0.810. The molecule has 2 N–H and O–H groups in total. The molecule has 1 fully saturated rings. The Morgan fingerprint density at radius 1 is 0.971 bits per heavy atom. The quantitative estimate of drug-likeness (QED) is 0.587. The van der Waals surface area contributed by atoms with E-state index >= 15 is 0 Å². The second-order valence-corrected chi connectivity index (χ2v) is 11.9. The molecule has 34 heavy (non-hydrogen) atoms. The Kier molecular flexibility index (Phi) is 8.25. The Balaban J connectivity index is 1.58. The van der Waals surface area contributed by atoms with Crippen LogP contribution in [0.4, 0.5) is 4.79 Å². The largest absolute Gasteiger partial charge is 0.496 e. The first-order valence-corrected chi connectivity index (χ1v) is 13.5. The Labute approximate surface area is 203 Å². The van der Waals surface area contributed by atoms with Crippen molar-refractivity contribution in [3.05, 3.63) is 48.0 Å². The molecule has 3 rings (SSSR count). The maximum atomic E-state index is 12.0. The number of amides is 1. The number of alkyl carbamates (subject to hydrolysis) is 1. The fourth-order valence-corrected chi connectivity index (χ4v) is 4.79. The lowest BCUT2D eigenvalue weighted by Crippen LogP contribution is -2.43. The van der Waals surface area contributed by atoms with Gasteiger partial charge in [0.1, 0.15) is 11.4 Å². The van der Waals surface area contributed by atoms with Crippen LogP contribution in [0.5, 0.6) is 5.75 Å². The molecule has 0 heterocycles. The molecular formula is C26H36N2O5S. The number of carbonyl (C=O) groups is 1. The van der Waals surface area contributed by atoms with Crippen LogP contribution in [0.15, 0.2) is 47.4 Å². The van der Waals surface area contributed by atoms with E-state index in [9.17, 15) is 13.2 Å². The van der Waals surface area contributed by atoms with E-state index in [0.29, 0.717) is 17.5 Å². The summed E-state index contributed by atoms with van der Waals surface area (Å²) < 4.78 is 34.4. The Morgan fingerprint density at radius 3 is 2.12 bits per heavy atom. The minimum atomic E-state index is -3.22. The van der Waals surface area contributed by atoms with Crippen LogP contribution in [0.2, 0.25) is 0 Å². The van der Waals surface area contributed by atoms with Gasteiger partial charge in [-0.05, 0) is 81.8 Å². The fraction of sp³-hybridized carbons (Fsp3) is 0.500. The van der Waals surface area contributed by atoms with Gasteiger partial charge in [0.2, 0.25) is 0 Å². The Bertz CT molecular complexity index is 1080. The summed E-state index contributed by atoms with van der Waals surface area (Å²) in [6, 6.07) is 13.4. The average Bonchev–Trinajstić information content (AvgIpc) is 2.76. The number of sulfone groups is 1. The van der Waals surface area contributed by atoms with Crippen LogP contribution in [0.1, 0.15) is 52.0 Å². The summed E-state index contributed by atoms with van der Waals surface area (Å²) >= 11 is 0. The summed E-state index contributed by atoms with van der Waals surface area (Å²) in [4.78, 5) is 12.3. The second-order valence-electron chi connectivity index (χ2n) is 9.90. The van der Waals surface area contributed by atoms with Gasteiger partial charge in [0, 0.05) is 30.4 Å². The lowest BCUT2D eigenvalue weighted by Gasteiger charge is -2.30. The molecular weight excluding hydrogens is 452 g/mol. The molecule has 186 valence electrons. The van der Waals surface area contributed by atoms with Crippen molar-refractivity contribution in [1.29, 1.82) is 0 Å². The molecule has 0 bridgehead atoms. The molecule has 0 saturated heterocycles. The van der Waals surface area contributed by atoms with Crippen LogP contribution < -0.4 is 15.4 Å². The minimum absolute atomic E-state index is 0.140. The van der Waals surface area contributed by atoms with E-state index in [2.05, 4.69) is 16.7 Å². The lowest BCUT2D eigenvalue weighted by molar-refractivity contribution is 0.0489. The molecule has 0 atom stereocenters. The zero-order valence-electron chi connectivity index (χ0n) is 20.7. The topological polar surface area (TPSA) is 93.7 Å². The zero-order chi connectivity index (χ0) is 24.9. The Morgan fingerprint density at radius 2 is 1.56 bits per heavy atom. The first-order chi connectivity index (χ1) is 15.9. The molecule has 0 unspecified atom stereocenters. The third-order valence-electron chi connectivity index (χ3n) is 5.93. The molecule has 0 radical (unpaired) electrons. The summed E-state index contributed by atoms with van der Waals surface area (Å²) in [6.45, 7) is 6.25. The number of methoxy groups -OCH3 is 1. The van der Waals surface area contributed by atoms with Gasteiger partial charge in [-0.15, -0.1) is 0 Å². The van der Waals surface area contributed by atoms with Crippen LogP contribution >= 0.6 is 0 Å². The average molecular weight is 489 g/mol. The van der Waals surface area contributed by atoms with E-state index in [0.717, 1.165) is 48.1 Å². The highest BCUT2D eigenvalue weighted by molar-refractivity contribution is 7.90. The van der Waals surface area contributed by atoms with E-state index in [1.807, 2.05) is 45.0 Å². The van der Waals surface area contributed by atoms with Crippen molar-refractivity contribution >= 4 is 15.9 Å². The van der Waals surface area contributed by atoms with Crippen molar-refractivity contribution in [2.45, 2.75) is 75.6 Å². The van der Waals surface area contributed by atoms with Crippen LogP contribution in [-0.2, 0) is 21.1 Å².